The minimum atomic E-state index is -4.55. The van der Waals surface area contributed by atoms with Crippen LogP contribution in [0.3, 0.4) is 0 Å². The van der Waals surface area contributed by atoms with Crippen molar-refractivity contribution in [3.63, 3.8) is 0 Å². The predicted octanol–water partition coefficient (Wildman–Crippen LogP) is 2.72. The zero-order chi connectivity index (χ0) is 15.6. The van der Waals surface area contributed by atoms with Crippen molar-refractivity contribution in [3.8, 4) is 0 Å². The number of rotatable bonds is 5. The van der Waals surface area contributed by atoms with Crippen LogP contribution in [0.15, 0.2) is 35.4 Å². The number of aryl methyl sites for hydroxylation is 2. The maximum Gasteiger partial charge on any atom is 0.341 e. The molecule has 0 aliphatic carbocycles. The molecule has 0 bridgehead atoms. The van der Waals surface area contributed by atoms with E-state index in [1.165, 1.54) is 12.1 Å². The van der Waals surface area contributed by atoms with Crippen LogP contribution in [0.4, 0.5) is 20.2 Å². The smallest absolute Gasteiger partial charge is 0.341 e. The topological polar surface area (TPSA) is 64.0 Å². The van der Waals surface area contributed by atoms with Gasteiger partial charge < -0.3 is 5.32 Å². The third-order valence-corrected chi connectivity index (χ3v) is 4.33. The first-order valence-electron chi connectivity index (χ1n) is 6.26. The molecule has 0 unspecified atom stereocenters. The summed E-state index contributed by atoms with van der Waals surface area (Å²) in [5.41, 5.74) is 2.26. The van der Waals surface area contributed by atoms with Crippen molar-refractivity contribution in [2.75, 3.05) is 5.32 Å². The summed E-state index contributed by atoms with van der Waals surface area (Å²) in [5, 5.41) is 7.35. The SMILES string of the molecule is CCc1nn(C)cc1Nc1ccc(S(=O)(=O)C(F)F)cc1. The van der Waals surface area contributed by atoms with Crippen LogP contribution in [0.1, 0.15) is 12.6 Å². The molecule has 0 aliphatic heterocycles. The molecule has 0 amide bonds. The van der Waals surface area contributed by atoms with Gasteiger partial charge in [-0.25, -0.2) is 8.42 Å². The van der Waals surface area contributed by atoms with Crippen molar-refractivity contribution in [2.45, 2.75) is 24.0 Å². The van der Waals surface area contributed by atoms with Crippen LogP contribution < -0.4 is 5.32 Å². The van der Waals surface area contributed by atoms with E-state index < -0.39 is 20.5 Å². The maximum absolute atomic E-state index is 12.4. The first-order chi connectivity index (χ1) is 9.84. The van der Waals surface area contributed by atoms with Gasteiger partial charge in [-0.2, -0.15) is 13.9 Å². The highest BCUT2D eigenvalue weighted by molar-refractivity contribution is 7.91. The van der Waals surface area contributed by atoms with E-state index in [0.717, 1.165) is 29.9 Å². The largest absolute Gasteiger partial charge is 0.353 e. The molecule has 8 heteroatoms. The van der Waals surface area contributed by atoms with Gasteiger partial charge in [0.05, 0.1) is 16.3 Å². The van der Waals surface area contributed by atoms with Crippen molar-refractivity contribution in [1.29, 1.82) is 0 Å². The summed E-state index contributed by atoms with van der Waals surface area (Å²) in [5.74, 6) is -3.42. The van der Waals surface area contributed by atoms with Crippen molar-refractivity contribution < 1.29 is 17.2 Å². The Morgan fingerprint density at radius 3 is 2.43 bits per heavy atom. The van der Waals surface area contributed by atoms with Crippen LogP contribution in [-0.2, 0) is 23.3 Å². The first-order valence-corrected chi connectivity index (χ1v) is 7.81. The van der Waals surface area contributed by atoms with Crippen LogP contribution in [0, 0.1) is 0 Å². The van der Waals surface area contributed by atoms with Crippen molar-refractivity contribution in [1.82, 2.24) is 9.78 Å². The fraction of sp³-hybridized carbons (Fsp3) is 0.308. The molecule has 0 saturated carbocycles. The Kier molecular flexibility index (Phi) is 4.26. The van der Waals surface area contributed by atoms with E-state index in [4.69, 9.17) is 0 Å². The number of nitrogens with zero attached hydrogens (tertiary/aromatic N) is 2. The second kappa shape index (κ2) is 5.80. The molecular formula is C13H15F2N3O2S. The minimum Gasteiger partial charge on any atom is -0.353 e. The first kappa shape index (κ1) is 15.4. The van der Waals surface area contributed by atoms with Gasteiger partial charge in [0.25, 0.3) is 0 Å². The Morgan fingerprint density at radius 2 is 1.90 bits per heavy atom. The van der Waals surface area contributed by atoms with Gasteiger partial charge in [-0.3, -0.25) is 4.68 Å². The highest BCUT2D eigenvalue weighted by atomic mass is 32.2. The third-order valence-electron chi connectivity index (χ3n) is 2.94. The molecule has 114 valence electrons. The molecule has 1 N–H and O–H groups in total. The summed E-state index contributed by atoms with van der Waals surface area (Å²) in [7, 11) is -2.76. The van der Waals surface area contributed by atoms with E-state index in [-0.39, 0.29) is 0 Å². The highest BCUT2D eigenvalue weighted by Gasteiger charge is 2.26. The number of benzene rings is 1. The number of nitrogens with one attached hydrogen (secondary N) is 1. The molecule has 1 heterocycles. The fourth-order valence-electron chi connectivity index (χ4n) is 1.89. The second-order valence-electron chi connectivity index (χ2n) is 4.47. The maximum atomic E-state index is 12.4. The van der Waals surface area contributed by atoms with Crippen molar-refractivity contribution >= 4 is 21.2 Å². The Balaban J connectivity index is 2.24. The molecule has 1 aromatic carbocycles. The van der Waals surface area contributed by atoms with Crippen molar-refractivity contribution in [3.05, 3.63) is 36.2 Å². The molecule has 2 rings (SSSR count). The lowest BCUT2D eigenvalue weighted by Crippen LogP contribution is -2.11. The zero-order valence-corrected chi connectivity index (χ0v) is 12.4. The van der Waals surface area contributed by atoms with Gasteiger partial charge in [0.1, 0.15) is 0 Å². The lowest BCUT2D eigenvalue weighted by Gasteiger charge is -2.07. The van der Waals surface area contributed by atoms with E-state index in [2.05, 4.69) is 10.4 Å². The molecule has 5 nitrogen and oxygen atoms in total. The number of hydrogen-bond donors (Lipinski definition) is 1. The summed E-state index contributed by atoms with van der Waals surface area (Å²) < 4.78 is 49.2. The molecule has 0 fully saturated rings. The van der Waals surface area contributed by atoms with E-state index in [1.807, 2.05) is 6.92 Å². The lowest BCUT2D eigenvalue weighted by atomic mass is 10.2. The van der Waals surface area contributed by atoms with Gasteiger partial charge in [-0.05, 0) is 30.7 Å². The molecule has 21 heavy (non-hydrogen) atoms. The average molecular weight is 315 g/mol. The predicted molar refractivity (Wildman–Crippen MR) is 75.5 cm³/mol. The highest BCUT2D eigenvalue weighted by Crippen LogP contribution is 2.23. The third kappa shape index (κ3) is 3.21. The summed E-state index contributed by atoms with van der Waals surface area (Å²) >= 11 is 0. The molecular weight excluding hydrogens is 300 g/mol. The number of anilines is 2. The van der Waals surface area contributed by atoms with E-state index >= 15 is 0 Å². The van der Waals surface area contributed by atoms with Gasteiger partial charge in [0.2, 0.25) is 9.84 Å². The van der Waals surface area contributed by atoms with Crippen LogP contribution in [0.5, 0.6) is 0 Å². The molecule has 0 saturated heterocycles. The summed E-state index contributed by atoms with van der Waals surface area (Å²) in [6.45, 7) is 1.96. The summed E-state index contributed by atoms with van der Waals surface area (Å²) in [4.78, 5) is -0.398. The van der Waals surface area contributed by atoms with Gasteiger partial charge >= 0.3 is 5.76 Å². The van der Waals surface area contributed by atoms with Gasteiger partial charge in [0.15, 0.2) is 0 Å². The molecule has 2 aromatic rings. The van der Waals surface area contributed by atoms with Crippen LogP contribution in [0.2, 0.25) is 0 Å². The second-order valence-corrected chi connectivity index (χ2v) is 6.39. The minimum absolute atomic E-state index is 0.398. The van der Waals surface area contributed by atoms with Crippen LogP contribution >= 0.6 is 0 Å². The average Bonchev–Trinajstić information content (AvgIpc) is 2.79. The normalized spacial score (nSPS) is 11.9. The Hall–Kier alpha value is -1.96. The standard InChI is InChI=1S/C13H15F2N3O2S/c1-3-11-12(8-18(2)17-11)16-9-4-6-10(7-5-9)21(19,20)13(14)15/h4-8,13,16H,3H2,1-2H3. The zero-order valence-electron chi connectivity index (χ0n) is 11.5. The number of halogens is 2. The Labute approximate surface area is 121 Å². The lowest BCUT2D eigenvalue weighted by molar-refractivity contribution is 0.234. The summed E-state index contributed by atoms with van der Waals surface area (Å²) in [6.07, 6.45) is 2.53. The van der Waals surface area contributed by atoms with E-state index in [1.54, 1.807) is 17.9 Å². The molecule has 0 radical (unpaired) electrons. The molecule has 0 atom stereocenters. The van der Waals surface area contributed by atoms with Crippen LogP contribution in [0.25, 0.3) is 0 Å². The number of sulfone groups is 1. The van der Waals surface area contributed by atoms with E-state index in [0.29, 0.717) is 5.69 Å². The fourth-order valence-corrected chi connectivity index (χ4v) is 2.61. The van der Waals surface area contributed by atoms with Gasteiger partial charge in [-0.15, -0.1) is 0 Å². The monoisotopic (exact) mass is 315 g/mol. The van der Waals surface area contributed by atoms with Crippen LogP contribution in [-0.4, -0.2) is 24.0 Å². The molecule has 0 spiro atoms. The summed E-state index contributed by atoms with van der Waals surface area (Å²) in [6, 6.07) is 5.21. The van der Waals surface area contributed by atoms with Gasteiger partial charge in [-0.1, -0.05) is 6.92 Å². The Bertz CT molecular complexity index is 724. The van der Waals surface area contributed by atoms with Crippen molar-refractivity contribution in [2.24, 2.45) is 7.05 Å². The number of aromatic nitrogens is 2. The number of alkyl halides is 2. The molecule has 0 aliphatic rings. The Morgan fingerprint density at radius 1 is 1.29 bits per heavy atom. The molecule has 1 aromatic heterocycles. The van der Waals surface area contributed by atoms with E-state index in [9.17, 15) is 17.2 Å². The van der Waals surface area contributed by atoms with Gasteiger partial charge in [0, 0.05) is 18.9 Å². The number of hydrogen-bond acceptors (Lipinski definition) is 4. The quantitative estimate of drug-likeness (QED) is 0.921.